The lowest BCUT2D eigenvalue weighted by atomic mass is 9.90. The molecular formula is C22H27N3O6. The molecule has 3 heterocycles. The molecule has 1 N–H and O–H groups in total. The molecule has 9 nitrogen and oxygen atoms in total. The Morgan fingerprint density at radius 2 is 1.90 bits per heavy atom. The van der Waals surface area contributed by atoms with Crippen LogP contribution in [0.25, 0.3) is 0 Å². The minimum Gasteiger partial charge on any atom is -0.467 e. The number of anilines is 1. The molecule has 9 heteroatoms. The van der Waals surface area contributed by atoms with Crippen LogP contribution in [0, 0.1) is 0 Å². The Morgan fingerprint density at radius 3 is 2.58 bits per heavy atom. The molecule has 1 spiro atoms. The van der Waals surface area contributed by atoms with Crippen molar-refractivity contribution in [2.75, 3.05) is 31.7 Å². The normalized spacial score (nSPS) is 21.0. The molecule has 2 aromatic rings. The van der Waals surface area contributed by atoms with Crippen LogP contribution in [0.3, 0.4) is 0 Å². The van der Waals surface area contributed by atoms with E-state index in [-0.39, 0.29) is 18.8 Å². The molecule has 3 fully saturated rings. The maximum Gasteiger partial charge on any atom is 0.412 e. The summed E-state index contributed by atoms with van der Waals surface area (Å²) in [6, 6.07) is 9.74. The number of carbonyl (C=O) groups excluding carboxylic acids is 1. The molecule has 31 heavy (non-hydrogen) atoms. The fraction of sp³-hybridized carbons (Fsp3) is 0.545. The van der Waals surface area contributed by atoms with Gasteiger partial charge in [0.15, 0.2) is 5.79 Å². The molecule has 2 aliphatic heterocycles. The summed E-state index contributed by atoms with van der Waals surface area (Å²) in [7, 11) is 0. The average Bonchev–Trinajstić information content (AvgIpc) is 3.38. The molecular weight excluding hydrogens is 402 g/mol. The predicted molar refractivity (Wildman–Crippen MR) is 110 cm³/mol. The molecule has 0 bridgehead atoms. The summed E-state index contributed by atoms with van der Waals surface area (Å²) in [6.45, 7) is 2.55. The summed E-state index contributed by atoms with van der Waals surface area (Å²) in [5.74, 6) is -0.0344. The van der Waals surface area contributed by atoms with E-state index in [2.05, 4.69) is 10.4 Å². The van der Waals surface area contributed by atoms with E-state index < -0.39 is 11.9 Å². The van der Waals surface area contributed by atoms with Crippen molar-refractivity contribution in [2.24, 2.45) is 0 Å². The first-order chi connectivity index (χ1) is 15.2. The van der Waals surface area contributed by atoms with E-state index in [0.29, 0.717) is 38.0 Å². The zero-order chi connectivity index (χ0) is 21.1. The number of benzene rings is 1. The Bertz CT molecular complexity index is 882. The van der Waals surface area contributed by atoms with Crippen LogP contribution in [0.15, 0.2) is 36.5 Å². The van der Waals surface area contributed by atoms with Crippen molar-refractivity contribution < 1.29 is 28.5 Å². The van der Waals surface area contributed by atoms with Crippen LogP contribution in [0.1, 0.15) is 37.3 Å². The molecule has 0 unspecified atom stereocenters. The molecule has 2 saturated heterocycles. The number of amides is 1. The van der Waals surface area contributed by atoms with Gasteiger partial charge in [0.1, 0.15) is 18.4 Å². The van der Waals surface area contributed by atoms with Crippen molar-refractivity contribution in [2.45, 2.75) is 50.2 Å². The Hall–Kier alpha value is -2.62. The summed E-state index contributed by atoms with van der Waals surface area (Å²) < 4.78 is 30.0. The maximum atomic E-state index is 12.4. The van der Waals surface area contributed by atoms with Gasteiger partial charge in [0.2, 0.25) is 0 Å². The molecule has 166 valence electrons. The molecule has 1 amide bonds. The number of hydrogen-bond acceptors (Lipinski definition) is 7. The first-order valence-corrected chi connectivity index (χ1v) is 10.8. The quantitative estimate of drug-likeness (QED) is 0.753. The largest absolute Gasteiger partial charge is 0.467 e. The summed E-state index contributed by atoms with van der Waals surface area (Å²) >= 11 is 0. The van der Waals surface area contributed by atoms with Crippen molar-refractivity contribution in [1.82, 2.24) is 9.78 Å². The van der Waals surface area contributed by atoms with Crippen LogP contribution < -0.4 is 10.1 Å². The van der Waals surface area contributed by atoms with Crippen LogP contribution in [0.4, 0.5) is 10.5 Å². The molecule has 5 rings (SSSR count). The Labute approximate surface area is 180 Å². The Morgan fingerprint density at radius 1 is 1.16 bits per heavy atom. The standard InChI is InChI=1S/C22H27N3O6/c26-21(28-13-16-4-2-1-3-5-16)23-19-12-25(24-20(19)31-18-14-27-15-18)17-6-8-22(9-7-17)29-10-11-30-22/h1-5,12,17-18H,6-11,13-15H2,(H,23,26). The van der Waals surface area contributed by atoms with Crippen LogP contribution in [-0.2, 0) is 25.6 Å². The minimum absolute atomic E-state index is 0.0563. The highest BCUT2D eigenvalue weighted by molar-refractivity contribution is 5.86. The predicted octanol–water partition coefficient (Wildman–Crippen LogP) is 3.27. The lowest BCUT2D eigenvalue weighted by Gasteiger charge is -2.35. The number of carbonyl (C=O) groups is 1. The summed E-state index contributed by atoms with van der Waals surface area (Å²) in [5, 5.41) is 7.41. The third-order valence-electron chi connectivity index (χ3n) is 5.94. The molecule has 1 aliphatic carbocycles. The lowest BCUT2D eigenvalue weighted by Crippen LogP contribution is -2.39. The van der Waals surface area contributed by atoms with Gasteiger partial charge in [-0.1, -0.05) is 30.3 Å². The van der Waals surface area contributed by atoms with Crippen molar-refractivity contribution in [3.63, 3.8) is 0 Å². The monoisotopic (exact) mass is 429 g/mol. The molecule has 0 radical (unpaired) electrons. The van der Waals surface area contributed by atoms with Crippen molar-refractivity contribution in [3.8, 4) is 5.88 Å². The number of nitrogens with one attached hydrogen (secondary N) is 1. The molecule has 1 saturated carbocycles. The highest BCUT2D eigenvalue weighted by Gasteiger charge is 2.41. The van der Waals surface area contributed by atoms with Crippen molar-refractivity contribution in [3.05, 3.63) is 42.1 Å². The van der Waals surface area contributed by atoms with Crippen molar-refractivity contribution in [1.29, 1.82) is 0 Å². The van der Waals surface area contributed by atoms with Crippen LogP contribution in [-0.4, -0.2) is 54.2 Å². The van der Waals surface area contributed by atoms with Gasteiger partial charge in [0, 0.05) is 12.8 Å². The van der Waals surface area contributed by atoms with Gasteiger partial charge >= 0.3 is 6.09 Å². The van der Waals surface area contributed by atoms with Gasteiger partial charge in [-0.25, -0.2) is 4.79 Å². The fourth-order valence-corrected chi connectivity index (χ4v) is 4.14. The molecule has 1 aromatic heterocycles. The number of nitrogens with zero attached hydrogens (tertiary/aromatic N) is 2. The Kier molecular flexibility index (Phi) is 5.80. The summed E-state index contributed by atoms with van der Waals surface area (Å²) in [4.78, 5) is 12.4. The lowest BCUT2D eigenvalue weighted by molar-refractivity contribution is -0.181. The van der Waals surface area contributed by atoms with Crippen LogP contribution in [0.2, 0.25) is 0 Å². The van der Waals surface area contributed by atoms with Gasteiger partial charge in [0.25, 0.3) is 5.88 Å². The second-order valence-corrected chi connectivity index (χ2v) is 8.13. The van der Waals surface area contributed by atoms with Gasteiger partial charge < -0.3 is 23.7 Å². The van der Waals surface area contributed by atoms with Gasteiger partial charge in [0.05, 0.1) is 38.7 Å². The third kappa shape index (κ3) is 4.68. The summed E-state index contributed by atoms with van der Waals surface area (Å²) in [6.07, 6.45) is 4.62. The van der Waals surface area contributed by atoms with E-state index in [4.69, 9.17) is 23.7 Å². The number of rotatable bonds is 6. The van der Waals surface area contributed by atoms with Gasteiger partial charge in [-0.05, 0) is 18.4 Å². The first kappa shape index (κ1) is 20.3. The smallest absolute Gasteiger partial charge is 0.412 e. The van der Waals surface area contributed by atoms with E-state index in [1.165, 1.54) is 0 Å². The highest BCUT2D eigenvalue weighted by atomic mass is 16.7. The van der Waals surface area contributed by atoms with Crippen LogP contribution in [0.5, 0.6) is 5.88 Å². The third-order valence-corrected chi connectivity index (χ3v) is 5.94. The Balaban J connectivity index is 1.24. The van der Waals surface area contributed by atoms with Gasteiger partial charge in [-0.15, -0.1) is 5.10 Å². The first-order valence-electron chi connectivity index (χ1n) is 10.8. The average molecular weight is 429 g/mol. The topological polar surface area (TPSA) is 93.1 Å². The molecule has 0 atom stereocenters. The number of hydrogen-bond donors (Lipinski definition) is 1. The zero-order valence-electron chi connectivity index (χ0n) is 17.3. The van der Waals surface area contributed by atoms with E-state index in [1.807, 2.05) is 41.2 Å². The minimum atomic E-state index is -0.548. The number of aromatic nitrogens is 2. The van der Waals surface area contributed by atoms with Gasteiger partial charge in [-0.3, -0.25) is 10.00 Å². The van der Waals surface area contributed by atoms with E-state index in [0.717, 1.165) is 31.2 Å². The molecule has 3 aliphatic rings. The van der Waals surface area contributed by atoms with E-state index >= 15 is 0 Å². The molecule has 1 aromatic carbocycles. The highest BCUT2D eigenvalue weighted by Crippen LogP contribution is 2.41. The second kappa shape index (κ2) is 8.86. The van der Waals surface area contributed by atoms with E-state index in [9.17, 15) is 4.79 Å². The fourth-order valence-electron chi connectivity index (χ4n) is 4.14. The second-order valence-electron chi connectivity index (χ2n) is 8.13. The SMILES string of the molecule is O=C(Nc1cn(C2CCC3(CC2)OCCO3)nc1OC1COC1)OCc1ccccc1. The maximum absolute atomic E-state index is 12.4. The van der Waals surface area contributed by atoms with Gasteiger partial charge in [-0.2, -0.15) is 0 Å². The summed E-state index contributed by atoms with van der Waals surface area (Å²) in [5.41, 5.74) is 1.42. The van der Waals surface area contributed by atoms with Crippen LogP contribution >= 0.6 is 0 Å². The van der Waals surface area contributed by atoms with E-state index in [1.54, 1.807) is 0 Å². The zero-order valence-corrected chi connectivity index (χ0v) is 17.3. The van der Waals surface area contributed by atoms with Crippen molar-refractivity contribution >= 4 is 11.8 Å². The number of ether oxygens (including phenoxy) is 5.